The standard InChI is InChI=1S/C31H50N4O3/c1-2-3-4-5-6-7-8-9-10-11-12-13-14-15-16-17-20-37-25-30(23-36)38-24-28-18-19-29(22-32)31(21-28)35-27-33-26-34-35/h18-19,21,26-27,30,36H,2-17,20,23-25H2,1H3/t30-/m0/s1. The molecule has 0 aliphatic rings. The third-order valence-corrected chi connectivity index (χ3v) is 6.98. The van der Waals surface area contributed by atoms with E-state index in [0.717, 1.165) is 12.0 Å². The molecule has 7 heteroatoms. The van der Waals surface area contributed by atoms with E-state index in [1.165, 1.54) is 103 Å². The second-order valence-electron chi connectivity index (χ2n) is 10.3. The molecule has 0 unspecified atom stereocenters. The molecule has 2 aromatic rings. The van der Waals surface area contributed by atoms with Gasteiger partial charge in [0.25, 0.3) is 0 Å². The summed E-state index contributed by atoms with van der Waals surface area (Å²) in [6.45, 7) is 3.58. The highest BCUT2D eigenvalue weighted by atomic mass is 16.5. The highest BCUT2D eigenvalue weighted by Gasteiger charge is 2.11. The van der Waals surface area contributed by atoms with Gasteiger partial charge in [-0.2, -0.15) is 10.4 Å². The van der Waals surface area contributed by atoms with Crippen molar-refractivity contribution in [2.75, 3.05) is 19.8 Å². The van der Waals surface area contributed by atoms with Crippen LogP contribution in [0.25, 0.3) is 5.69 Å². The smallest absolute Gasteiger partial charge is 0.138 e. The molecule has 1 N–H and O–H groups in total. The maximum Gasteiger partial charge on any atom is 0.138 e. The minimum absolute atomic E-state index is 0.0921. The molecule has 1 heterocycles. The molecule has 1 atom stereocenters. The first-order valence-corrected chi connectivity index (χ1v) is 15.0. The van der Waals surface area contributed by atoms with Crippen LogP contribution in [0.15, 0.2) is 30.9 Å². The fourth-order valence-electron chi connectivity index (χ4n) is 4.62. The SMILES string of the molecule is CCCCCCCCCCCCCCCCCCOC[C@H](CO)OCc1ccc(C#N)c(-n2cncn2)c1. The Morgan fingerprint density at radius 1 is 0.895 bits per heavy atom. The van der Waals surface area contributed by atoms with Crippen molar-refractivity contribution >= 4 is 0 Å². The van der Waals surface area contributed by atoms with Gasteiger partial charge in [0.15, 0.2) is 0 Å². The zero-order valence-electron chi connectivity index (χ0n) is 23.7. The van der Waals surface area contributed by atoms with E-state index in [2.05, 4.69) is 23.1 Å². The molecule has 0 saturated heterocycles. The number of ether oxygens (including phenoxy) is 2. The van der Waals surface area contributed by atoms with Gasteiger partial charge in [-0.15, -0.1) is 0 Å². The van der Waals surface area contributed by atoms with E-state index in [9.17, 15) is 10.4 Å². The quantitative estimate of drug-likeness (QED) is 0.144. The normalized spacial score (nSPS) is 12.0. The molecular weight excluding hydrogens is 476 g/mol. The number of benzene rings is 1. The molecule has 212 valence electrons. The molecule has 2 rings (SSSR count). The van der Waals surface area contributed by atoms with Crippen LogP contribution in [0.1, 0.15) is 121 Å². The van der Waals surface area contributed by atoms with Gasteiger partial charge in [-0.3, -0.25) is 0 Å². The lowest BCUT2D eigenvalue weighted by Gasteiger charge is -2.16. The molecule has 1 aromatic carbocycles. The molecule has 0 bridgehead atoms. The van der Waals surface area contributed by atoms with Gasteiger partial charge in [0.1, 0.15) is 24.8 Å². The van der Waals surface area contributed by atoms with E-state index < -0.39 is 0 Å². The summed E-state index contributed by atoms with van der Waals surface area (Å²) in [6.07, 6.45) is 24.3. The van der Waals surface area contributed by atoms with Gasteiger partial charge in [-0.25, -0.2) is 9.67 Å². The molecule has 0 aliphatic carbocycles. The van der Waals surface area contributed by atoms with Gasteiger partial charge in [-0.1, -0.05) is 109 Å². The third kappa shape index (κ3) is 14.0. The highest BCUT2D eigenvalue weighted by Crippen LogP contribution is 2.17. The second kappa shape index (κ2) is 21.6. The van der Waals surface area contributed by atoms with E-state index in [1.807, 2.05) is 12.1 Å². The minimum atomic E-state index is -0.374. The van der Waals surface area contributed by atoms with E-state index in [0.29, 0.717) is 31.1 Å². The van der Waals surface area contributed by atoms with Crippen LogP contribution in [0.4, 0.5) is 0 Å². The summed E-state index contributed by atoms with van der Waals surface area (Å²) in [5, 5.41) is 23.1. The van der Waals surface area contributed by atoms with Crippen LogP contribution in [-0.4, -0.2) is 45.8 Å². The molecule has 7 nitrogen and oxygen atoms in total. The maximum atomic E-state index is 9.66. The summed E-state index contributed by atoms with van der Waals surface area (Å²) in [6, 6.07) is 7.63. The average molecular weight is 527 g/mol. The first kappa shape index (κ1) is 31.9. The van der Waals surface area contributed by atoms with Crippen LogP contribution < -0.4 is 0 Å². The van der Waals surface area contributed by atoms with Crippen molar-refractivity contribution in [3.05, 3.63) is 42.0 Å². The number of aliphatic hydroxyl groups is 1. The van der Waals surface area contributed by atoms with Crippen LogP contribution in [0.5, 0.6) is 0 Å². The van der Waals surface area contributed by atoms with Crippen molar-refractivity contribution in [1.29, 1.82) is 5.26 Å². The maximum absolute atomic E-state index is 9.66. The van der Waals surface area contributed by atoms with Crippen molar-refractivity contribution in [1.82, 2.24) is 14.8 Å². The number of rotatable bonds is 24. The molecule has 1 aromatic heterocycles. The Balaban J connectivity index is 1.44. The minimum Gasteiger partial charge on any atom is -0.394 e. The Hall–Kier alpha value is -2.27. The fraction of sp³-hybridized carbons (Fsp3) is 0.710. The first-order valence-electron chi connectivity index (χ1n) is 15.0. The van der Waals surface area contributed by atoms with E-state index >= 15 is 0 Å². The molecule has 38 heavy (non-hydrogen) atoms. The Morgan fingerprint density at radius 2 is 1.50 bits per heavy atom. The summed E-state index contributed by atoms with van der Waals surface area (Å²) >= 11 is 0. The molecular formula is C31H50N4O3. The number of unbranched alkanes of at least 4 members (excludes halogenated alkanes) is 15. The Kier molecular flexibility index (Phi) is 18.2. The van der Waals surface area contributed by atoms with E-state index in [1.54, 1.807) is 17.1 Å². The predicted molar refractivity (Wildman–Crippen MR) is 152 cm³/mol. The number of hydrogen-bond donors (Lipinski definition) is 1. The third-order valence-electron chi connectivity index (χ3n) is 6.98. The number of aromatic nitrogens is 3. The molecule has 0 radical (unpaired) electrons. The van der Waals surface area contributed by atoms with Crippen LogP contribution in [0.2, 0.25) is 0 Å². The summed E-state index contributed by atoms with van der Waals surface area (Å²) in [5.41, 5.74) is 2.07. The lowest BCUT2D eigenvalue weighted by molar-refractivity contribution is -0.0502. The van der Waals surface area contributed by atoms with Crippen molar-refractivity contribution in [3.8, 4) is 11.8 Å². The van der Waals surface area contributed by atoms with Gasteiger partial charge < -0.3 is 14.6 Å². The summed E-state index contributed by atoms with van der Waals surface area (Å²) in [4.78, 5) is 3.95. The molecule has 0 saturated carbocycles. The zero-order valence-corrected chi connectivity index (χ0v) is 23.7. The van der Waals surface area contributed by atoms with Crippen LogP contribution >= 0.6 is 0 Å². The predicted octanol–water partition coefficient (Wildman–Crippen LogP) is 7.29. The van der Waals surface area contributed by atoms with E-state index in [4.69, 9.17) is 9.47 Å². The number of hydrogen-bond acceptors (Lipinski definition) is 6. The topological polar surface area (TPSA) is 93.2 Å². The summed E-state index contributed by atoms with van der Waals surface area (Å²) in [5.74, 6) is 0. The average Bonchev–Trinajstić information content (AvgIpc) is 3.49. The Labute approximate surface area is 230 Å². The summed E-state index contributed by atoms with van der Waals surface area (Å²) in [7, 11) is 0. The van der Waals surface area contributed by atoms with Gasteiger partial charge in [0, 0.05) is 6.61 Å². The van der Waals surface area contributed by atoms with Gasteiger partial charge in [0.2, 0.25) is 0 Å². The lowest BCUT2D eigenvalue weighted by Crippen LogP contribution is -2.24. The van der Waals surface area contributed by atoms with Crippen LogP contribution in [0.3, 0.4) is 0 Å². The first-order chi connectivity index (χ1) is 18.8. The Morgan fingerprint density at radius 3 is 2.03 bits per heavy atom. The van der Waals surface area contributed by atoms with Crippen molar-refractivity contribution in [2.45, 2.75) is 122 Å². The Bertz CT molecular complexity index is 867. The van der Waals surface area contributed by atoms with Crippen molar-refractivity contribution in [3.63, 3.8) is 0 Å². The van der Waals surface area contributed by atoms with Crippen molar-refractivity contribution in [2.24, 2.45) is 0 Å². The van der Waals surface area contributed by atoms with Crippen LogP contribution in [0, 0.1) is 11.3 Å². The summed E-state index contributed by atoms with van der Waals surface area (Å²) < 4.78 is 13.2. The highest BCUT2D eigenvalue weighted by molar-refractivity contribution is 5.49. The fourth-order valence-corrected chi connectivity index (χ4v) is 4.62. The van der Waals surface area contributed by atoms with Crippen LogP contribution in [-0.2, 0) is 16.1 Å². The molecule has 0 amide bonds. The lowest BCUT2D eigenvalue weighted by atomic mass is 10.0. The largest absolute Gasteiger partial charge is 0.394 e. The zero-order chi connectivity index (χ0) is 27.1. The monoisotopic (exact) mass is 526 g/mol. The van der Waals surface area contributed by atoms with Gasteiger partial charge >= 0.3 is 0 Å². The second-order valence-corrected chi connectivity index (χ2v) is 10.3. The number of aliphatic hydroxyl groups excluding tert-OH is 1. The van der Waals surface area contributed by atoms with Gasteiger partial charge in [-0.05, 0) is 24.1 Å². The van der Waals surface area contributed by atoms with E-state index in [-0.39, 0.29) is 12.7 Å². The van der Waals surface area contributed by atoms with Crippen molar-refractivity contribution < 1.29 is 14.6 Å². The molecule has 0 aliphatic heterocycles. The number of nitriles is 1. The molecule has 0 spiro atoms. The van der Waals surface area contributed by atoms with Gasteiger partial charge in [0.05, 0.1) is 31.1 Å². The molecule has 0 fully saturated rings. The number of nitrogens with zero attached hydrogens (tertiary/aromatic N) is 4.